The zero-order chi connectivity index (χ0) is 32.7. The number of hydrogen-bond donors (Lipinski definition) is 1. The molecule has 7 rings (SSSR count). The molecule has 1 N–H and O–H groups in total. The van der Waals surface area contributed by atoms with Crippen molar-refractivity contribution in [3.63, 3.8) is 0 Å². The lowest BCUT2D eigenvalue weighted by atomic mass is 9.91. The number of likely N-dealkylation sites (tertiary alicyclic amines) is 1. The molecule has 0 radical (unpaired) electrons. The number of carboxylic acids is 1. The first-order valence-corrected chi connectivity index (χ1v) is 15.6. The van der Waals surface area contributed by atoms with Gasteiger partial charge in [-0.3, -0.25) is 24.1 Å². The third-order valence-corrected chi connectivity index (χ3v) is 8.97. The molecule has 2 amide bonds. The number of piperidine rings is 1. The number of fused-ring (bicyclic) bond motifs is 2. The average Bonchev–Trinajstić information content (AvgIpc) is 3.38. The van der Waals surface area contributed by atoms with Gasteiger partial charge in [0.2, 0.25) is 11.7 Å². The van der Waals surface area contributed by atoms with Gasteiger partial charge in [0.25, 0.3) is 5.91 Å². The molecule has 2 aliphatic rings. The summed E-state index contributed by atoms with van der Waals surface area (Å²) in [6.07, 6.45) is 2.50. The first kappa shape index (κ1) is 29.8. The van der Waals surface area contributed by atoms with Crippen LogP contribution in [0.25, 0.3) is 39.2 Å². The molecule has 0 atom stereocenters. The van der Waals surface area contributed by atoms with Crippen molar-refractivity contribution in [2.24, 2.45) is 5.92 Å². The summed E-state index contributed by atoms with van der Waals surface area (Å²) in [6, 6.07) is 32.4. The highest BCUT2D eigenvalue weighted by Gasteiger charge is 2.34. The van der Waals surface area contributed by atoms with Gasteiger partial charge < -0.3 is 10.0 Å². The zero-order valence-corrected chi connectivity index (χ0v) is 25.7. The van der Waals surface area contributed by atoms with Gasteiger partial charge >= 0.3 is 5.97 Å². The van der Waals surface area contributed by atoms with Gasteiger partial charge in [0.15, 0.2) is 0 Å². The van der Waals surface area contributed by atoms with Crippen LogP contribution in [-0.2, 0) is 9.59 Å². The molecule has 232 valence electrons. The Balaban J connectivity index is 1.38. The van der Waals surface area contributed by atoms with Gasteiger partial charge in [-0.25, -0.2) is 4.98 Å². The van der Waals surface area contributed by atoms with Crippen LogP contribution in [-0.4, -0.2) is 51.6 Å². The molecule has 47 heavy (non-hydrogen) atoms. The summed E-state index contributed by atoms with van der Waals surface area (Å²) in [4.78, 5) is 59.5. The van der Waals surface area contributed by atoms with E-state index in [4.69, 9.17) is 4.98 Å². The number of aromatic nitrogens is 1. The number of para-hydroxylation sites is 1. The summed E-state index contributed by atoms with van der Waals surface area (Å²) in [5.41, 5.74) is 6.57. The van der Waals surface area contributed by atoms with E-state index in [0.717, 1.165) is 27.6 Å². The molecule has 8 heteroatoms. The standard InChI is InChI=1S/C39H31N3O5/c1-24(43)42-35-14-8-7-13-31(35)37(44)36(42)23-28-22-32(30-12-6-5-11-29(30)25-9-3-2-4-10-25)33-21-27(15-16-34(33)40-28)38(45)41-19-17-26(18-20-41)39(46)47/h2-16,21-23,26H,17-20H2,1H3,(H,46,47)/b36-23+. The number of allylic oxidation sites excluding steroid dienone is 1. The van der Waals surface area contributed by atoms with Crippen LogP contribution in [0.1, 0.15) is 46.2 Å². The lowest BCUT2D eigenvalue weighted by molar-refractivity contribution is -0.143. The molecule has 0 spiro atoms. The van der Waals surface area contributed by atoms with E-state index in [1.807, 2.05) is 66.7 Å². The Labute approximate surface area is 271 Å². The van der Waals surface area contributed by atoms with Crippen molar-refractivity contribution in [2.45, 2.75) is 19.8 Å². The van der Waals surface area contributed by atoms with Crippen LogP contribution < -0.4 is 4.90 Å². The van der Waals surface area contributed by atoms with Gasteiger partial charge in [-0.1, -0.05) is 66.7 Å². The first-order chi connectivity index (χ1) is 22.8. The minimum atomic E-state index is -0.823. The molecule has 0 bridgehead atoms. The van der Waals surface area contributed by atoms with Crippen molar-refractivity contribution in [2.75, 3.05) is 18.0 Å². The van der Waals surface area contributed by atoms with Crippen molar-refractivity contribution in [1.29, 1.82) is 0 Å². The number of Topliss-reactive ketones (excluding diaryl/α,β-unsaturated/α-hetero) is 1. The maximum atomic E-state index is 13.7. The van der Waals surface area contributed by atoms with Gasteiger partial charge in [0.05, 0.1) is 28.5 Å². The number of carboxylic acid groups (broad SMARTS) is 1. The number of carbonyl (C=O) groups excluding carboxylic acids is 3. The molecule has 2 aliphatic heterocycles. The van der Waals surface area contributed by atoms with E-state index in [1.165, 1.54) is 11.8 Å². The van der Waals surface area contributed by atoms with E-state index in [0.29, 0.717) is 54.0 Å². The topological polar surface area (TPSA) is 108 Å². The molecule has 1 saturated heterocycles. The van der Waals surface area contributed by atoms with Crippen LogP contribution in [0.4, 0.5) is 5.69 Å². The van der Waals surface area contributed by atoms with Crippen LogP contribution in [0.5, 0.6) is 0 Å². The quantitative estimate of drug-likeness (QED) is 0.210. The number of carbonyl (C=O) groups is 4. The van der Waals surface area contributed by atoms with E-state index in [1.54, 1.807) is 47.4 Å². The second-order valence-electron chi connectivity index (χ2n) is 11.9. The number of aliphatic carboxylic acids is 1. The number of hydrogen-bond acceptors (Lipinski definition) is 5. The lowest BCUT2D eigenvalue weighted by Gasteiger charge is -2.30. The van der Waals surface area contributed by atoms with E-state index >= 15 is 0 Å². The molecule has 0 saturated carbocycles. The van der Waals surface area contributed by atoms with Gasteiger partial charge in [-0.15, -0.1) is 0 Å². The molecule has 1 fully saturated rings. The van der Waals surface area contributed by atoms with Gasteiger partial charge in [-0.2, -0.15) is 0 Å². The third kappa shape index (κ3) is 5.48. The van der Waals surface area contributed by atoms with Crippen LogP contribution in [0.15, 0.2) is 109 Å². The Morgan fingerprint density at radius 2 is 1.45 bits per heavy atom. The van der Waals surface area contributed by atoms with E-state index in [9.17, 15) is 24.3 Å². The number of pyridine rings is 1. The highest BCUT2D eigenvalue weighted by Crippen LogP contribution is 2.39. The van der Waals surface area contributed by atoms with Crippen molar-refractivity contribution in [3.05, 3.63) is 126 Å². The SMILES string of the molecule is CC(=O)N1/C(=C/c2cc(-c3ccccc3-c3ccccc3)c3cc(C(=O)N4CCC(C(=O)O)CC4)ccc3n2)C(=O)c2ccccc21. The van der Waals surface area contributed by atoms with E-state index < -0.39 is 11.9 Å². The predicted octanol–water partition coefficient (Wildman–Crippen LogP) is 7.10. The molecule has 1 aromatic heterocycles. The Hall–Kier alpha value is -5.89. The second-order valence-corrected chi connectivity index (χ2v) is 11.9. The molecule has 0 aliphatic carbocycles. The Morgan fingerprint density at radius 1 is 0.787 bits per heavy atom. The number of rotatable bonds is 5. The van der Waals surface area contributed by atoms with Crippen molar-refractivity contribution in [3.8, 4) is 22.3 Å². The Bertz CT molecular complexity index is 2110. The summed E-state index contributed by atoms with van der Waals surface area (Å²) < 4.78 is 0. The summed E-state index contributed by atoms with van der Waals surface area (Å²) in [5.74, 6) is -1.95. The minimum absolute atomic E-state index is 0.157. The highest BCUT2D eigenvalue weighted by molar-refractivity contribution is 6.26. The van der Waals surface area contributed by atoms with E-state index in [2.05, 4.69) is 0 Å². The first-order valence-electron chi connectivity index (χ1n) is 15.6. The monoisotopic (exact) mass is 621 g/mol. The molecular weight excluding hydrogens is 590 g/mol. The molecule has 5 aromatic rings. The third-order valence-electron chi connectivity index (χ3n) is 8.97. The molecule has 4 aromatic carbocycles. The minimum Gasteiger partial charge on any atom is -0.481 e. The van der Waals surface area contributed by atoms with Crippen LogP contribution in [0.2, 0.25) is 0 Å². The second kappa shape index (κ2) is 12.1. The lowest BCUT2D eigenvalue weighted by Crippen LogP contribution is -2.40. The van der Waals surface area contributed by atoms with Gasteiger partial charge in [0, 0.05) is 36.5 Å². The number of amides is 2. The zero-order valence-electron chi connectivity index (χ0n) is 25.7. The molecule has 8 nitrogen and oxygen atoms in total. The van der Waals surface area contributed by atoms with Crippen LogP contribution in [0.3, 0.4) is 0 Å². The molecule has 3 heterocycles. The van der Waals surface area contributed by atoms with Gasteiger partial charge in [0.1, 0.15) is 0 Å². The average molecular weight is 622 g/mol. The number of ketones is 1. The number of anilines is 1. The van der Waals surface area contributed by atoms with Gasteiger partial charge in [-0.05, 0) is 77.6 Å². The molecular formula is C39H31N3O5. The Kier molecular flexibility index (Phi) is 7.69. The fraction of sp³-hybridized carbons (Fsp3) is 0.154. The van der Waals surface area contributed by atoms with Crippen LogP contribution in [0, 0.1) is 5.92 Å². The highest BCUT2D eigenvalue weighted by atomic mass is 16.4. The number of benzene rings is 4. The summed E-state index contributed by atoms with van der Waals surface area (Å²) in [7, 11) is 0. The Morgan fingerprint density at radius 3 is 2.15 bits per heavy atom. The largest absolute Gasteiger partial charge is 0.481 e. The van der Waals surface area contributed by atoms with Crippen molar-refractivity contribution >= 4 is 46.2 Å². The smallest absolute Gasteiger partial charge is 0.306 e. The predicted molar refractivity (Wildman–Crippen MR) is 181 cm³/mol. The van der Waals surface area contributed by atoms with Crippen LogP contribution >= 0.6 is 0 Å². The maximum Gasteiger partial charge on any atom is 0.306 e. The fourth-order valence-corrected chi connectivity index (χ4v) is 6.61. The normalized spacial score (nSPS) is 15.7. The summed E-state index contributed by atoms with van der Waals surface area (Å²) >= 11 is 0. The van der Waals surface area contributed by atoms with Crippen molar-refractivity contribution in [1.82, 2.24) is 9.88 Å². The molecule has 0 unspecified atom stereocenters. The summed E-state index contributed by atoms with van der Waals surface area (Å²) in [5, 5.41) is 10.2. The number of nitrogens with zero attached hydrogens (tertiary/aromatic N) is 3. The fourth-order valence-electron chi connectivity index (χ4n) is 6.61. The van der Waals surface area contributed by atoms with E-state index in [-0.39, 0.29) is 23.3 Å². The van der Waals surface area contributed by atoms with Crippen molar-refractivity contribution < 1.29 is 24.3 Å². The summed E-state index contributed by atoms with van der Waals surface area (Å²) in [6.45, 7) is 2.19. The maximum absolute atomic E-state index is 13.7.